The maximum absolute atomic E-state index is 12.0. The van der Waals surface area contributed by atoms with Gasteiger partial charge in [-0.3, -0.25) is 14.4 Å². The van der Waals surface area contributed by atoms with Gasteiger partial charge < -0.3 is 16.4 Å². The fourth-order valence-electron chi connectivity index (χ4n) is 1.71. The Hall–Kier alpha value is -1.43. The van der Waals surface area contributed by atoms with Gasteiger partial charge in [-0.25, -0.2) is 0 Å². The molecule has 6 heteroatoms. The summed E-state index contributed by atoms with van der Waals surface area (Å²) in [5.74, 6) is -0.610. The number of ketones is 1. The monoisotopic (exact) mass is 271 g/mol. The summed E-state index contributed by atoms with van der Waals surface area (Å²) in [7, 11) is 0. The van der Waals surface area contributed by atoms with Crippen LogP contribution in [0.3, 0.4) is 0 Å². The molecule has 2 unspecified atom stereocenters. The molecule has 0 spiro atoms. The molecule has 2 amide bonds. The lowest BCUT2D eigenvalue weighted by atomic mass is 10.1. The number of carbonyl (C=O) groups excluding carboxylic acids is 3. The van der Waals surface area contributed by atoms with Crippen LogP contribution >= 0.6 is 0 Å². The predicted molar refractivity (Wildman–Crippen MR) is 73.4 cm³/mol. The summed E-state index contributed by atoms with van der Waals surface area (Å²) in [4.78, 5) is 34.5. The molecule has 0 aliphatic carbocycles. The third kappa shape index (κ3) is 7.56. The third-order valence-electron chi connectivity index (χ3n) is 2.83. The van der Waals surface area contributed by atoms with Gasteiger partial charge in [0.25, 0.3) is 0 Å². The van der Waals surface area contributed by atoms with Crippen molar-refractivity contribution in [1.29, 1.82) is 0 Å². The Morgan fingerprint density at radius 3 is 2.26 bits per heavy atom. The molecule has 0 saturated carbocycles. The molecule has 0 fully saturated rings. The van der Waals surface area contributed by atoms with Gasteiger partial charge in [0.15, 0.2) is 5.78 Å². The highest BCUT2D eigenvalue weighted by Crippen LogP contribution is 2.02. The number of hydrogen-bond acceptors (Lipinski definition) is 4. The molecule has 4 N–H and O–H groups in total. The highest BCUT2D eigenvalue weighted by molar-refractivity contribution is 5.92. The van der Waals surface area contributed by atoms with E-state index in [1.54, 1.807) is 13.8 Å². The molecule has 0 aromatic rings. The van der Waals surface area contributed by atoms with Crippen molar-refractivity contribution < 1.29 is 14.4 Å². The Kier molecular flexibility index (Phi) is 8.78. The van der Waals surface area contributed by atoms with E-state index in [-0.39, 0.29) is 17.6 Å². The van der Waals surface area contributed by atoms with Crippen molar-refractivity contribution in [2.75, 3.05) is 6.54 Å². The van der Waals surface area contributed by atoms with Gasteiger partial charge in [0.05, 0.1) is 6.04 Å². The molecular weight excluding hydrogens is 246 g/mol. The number of amides is 2. The Labute approximate surface area is 114 Å². The highest BCUT2D eigenvalue weighted by Gasteiger charge is 2.22. The topological polar surface area (TPSA) is 101 Å². The summed E-state index contributed by atoms with van der Waals surface area (Å²) in [6.45, 7) is 5.31. The quantitative estimate of drug-likeness (QED) is 0.518. The fraction of sp³-hybridized carbons (Fsp3) is 0.769. The molecular formula is C13H25N3O3. The summed E-state index contributed by atoms with van der Waals surface area (Å²) < 4.78 is 0. The lowest BCUT2D eigenvalue weighted by Gasteiger charge is -2.20. The summed E-state index contributed by atoms with van der Waals surface area (Å²) in [5, 5.41) is 5.23. The van der Waals surface area contributed by atoms with E-state index < -0.39 is 12.1 Å². The van der Waals surface area contributed by atoms with Gasteiger partial charge in [0, 0.05) is 13.3 Å². The zero-order chi connectivity index (χ0) is 14.8. The molecule has 0 heterocycles. The van der Waals surface area contributed by atoms with Crippen LogP contribution in [0.5, 0.6) is 0 Å². The van der Waals surface area contributed by atoms with E-state index in [4.69, 9.17) is 5.73 Å². The van der Waals surface area contributed by atoms with E-state index in [0.29, 0.717) is 19.4 Å². The zero-order valence-corrected chi connectivity index (χ0v) is 12.0. The molecule has 0 saturated heterocycles. The normalized spacial score (nSPS) is 13.5. The SMILES string of the molecule is CCC(=O)C(C)NC(=O)C(CCCCN)NC(C)=O. The number of nitrogens with one attached hydrogen (secondary N) is 2. The van der Waals surface area contributed by atoms with E-state index in [0.717, 1.165) is 12.8 Å². The van der Waals surface area contributed by atoms with Crippen LogP contribution in [-0.2, 0) is 14.4 Å². The van der Waals surface area contributed by atoms with Crippen molar-refractivity contribution in [3.05, 3.63) is 0 Å². The second-order valence-electron chi connectivity index (χ2n) is 4.59. The number of carbonyl (C=O) groups is 3. The number of rotatable bonds is 9. The molecule has 0 bridgehead atoms. The minimum absolute atomic E-state index is 0.0307. The largest absolute Gasteiger partial charge is 0.345 e. The van der Waals surface area contributed by atoms with Gasteiger partial charge in [0.1, 0.15) is 6.04 Å². The van der Waals surface area contributed by atoms with E-state index in [9.17, 15) is 14.4 Å². The molecule has 0 radical (unpaired) electrons. The molecule has 0 aromatic carbocycles. The Morgan fingerprint density at radius 2 is 1.79 bits per heavy atom. The van der Waals surface area contributed by atoms with Gasteiger partial charge in [-0.2, -0.15) is 0 Å². The van der Waals surface area contributed by atoms with E-state index in [2.05, 4.69) is 10.6 Å². The first-order valence-electron chi connectivity index (χ1n) is 6.72. The van der Waals surface area contributed by atoms with Crippen LogP contribution in [0.4, 0.5) is 0 Å². The van der Waals surface area contributed by atoms with E-state index in [1.165, 1.54) is 6.92 Å². The smallest absolute Gasteiger partial charge is 0.243 e. The predicted octanol–water partition coefficient (Wildman–Crippen LogP) is 0.104. The van der Waals surface area contributed by atoms with Crippen LogP contribution in [0, 0.1) is 0 Å². The van der Waals surface area contributed by atoms with Gasteiger partial charge in [-0.1, -0.05) is 6.92 Å². The first-order chi connectivity index (χ1) is 8.92. The van der Waals surface area contributed by atoms with Gasteiger partial charge >= 0.3 is 0 Å². The first-order valence-corrected chi connectivity index (χ1v) is 6.72. The maximum atomic E-state index is 12.0. The van der Waals surface area contributed by atoms with Crippen LogP contribution in [0.1, 0.15) is 46.5 Å². The van der Waals surface area contributed by atoms with Crippen LogP contribution in [0.2, 0.25) is 0 Å². The van der Waals surface area contributed by atoms with Crippen molar-refractivity contribution in [2.45, 2.75) is 58.5 Å². The minimum Gasteiger partial charge on any atom is -0.345 e. The summed E-state index contributed by atoms with van der Waals surface area (Å²) in [5.41, 5.74) is 5.40. The molecule has 6 nitrogen and oxygen atoms in total. The Balaban J connectivity index is 4.43. The molecule has 0 aromatic heterocycles. The standard InChI is InChI=1S/C13H25N3O3/c1-4-12(18)9(2)15-13(19)11(16-10(3)17)7-5-6-8-14/h9,11H,4-8,14H2,1-3H3,(H,15,19)(H,16,17). The third-order valence-corrected chi connectivity index (χ3v) is 2.83. The second kappa shape index (κ2) is 9.49. The molecule has 2 atom stereocenters. The average molecular weight is 271 g/mol. The lowest BCUT2D eigenvalue weighted by molar-refractivity contribution is -0.130. The van der Waals surface area contributed by atoms with Crippen LogP contribution in [-0.4, -0.2) is 36.2 Å². The average Bonchev–Trinajstić information content (AvgIpc) is 2.36. The number of Topliss-reactive ketones (excluding diaryl/α,β-unsaturated/α-hetero) is 1. The van der Waals surface area contributed by atoms with Gasteiger partial charge in [-0.15, -0.1) is 0 Å². The maximum Gasteiger partial charge on any atom is 0.243 e. The molecule has 110 valence electrons. The zero-order valence-electron chi connectivity index (χ0n) is 12.0. The molecule has 0 rings (SSSR count). The summed E-state index contributed by atoms with van der Waals surface area (Å²) in [6, 6.07) is -1.13. The highest BCUT2D eigenvalue weighted by atomic mass is 16.2. The molecule has 0 aliphatic rings. The van der Waals surface area contributed by atoms with Gasteiger partial charge in [-0.05, 0) is 32.7 Å². The van der Waals surface area contributed by atoms with Crippen molar-refractivity contribution >= 4 is 17.6 Å². The van der Waals surface area contributed by atoms with Crippen molar-refractivity contribution in [1.82, 2.24) is 10.6 Å². The number of unbranched alkanes of at least 4 members (excludes halogenated alkanes) is 1. The second-order valence-corrected chi connectivity index (χ2v) is 4.59. The molecule has 0 aliphatic heterocycles. The van der Waals surface area contributed by atoms with Crippen LogP contribution in [0.15, 0.2) is 0 Å². The number of hydrogen-bond donors (Lipinski definition) is 3. The fourth-order valence-corrected chi connectivity index (χ4v) is 1.71. The minimum atomic E-state index is -0.601. The van der Waals surface area contributed by atoms with Crippen molar-refractivity contribution in [3.8, 4) is 0 Å². The van der Waals surface area contributed by atoms with Crippen LogP contribution in [0.25, 0.3) is 0 Å². The van der Waals surface area contributed by atoms with Crippen LogP contribution < -0.4 is 16.4 Å². The first kappa shape index (κ1) is 17.6. The lowest BCUT2D eigenvalue weighted by Crippen LogP contribution is -2.50. The Bertz CT molecular complexity index is 318. The summed E-state index contributed by atoms with van der Waals surface area (Å²) >= 11 is 0. The van der Waals surface area contributed by atoms with E-state index in [1.807, 2.05) is 0 Å². The van der Waals surface area contributed by atoms with Crippen molar-refractivity contribution in [3.63, 3.8) is 0 Å². The molecule has 19 heavy (non-hydrogen) atoms. The van der Waals surface area contributed by atoms with Gasteiger partial charge in [0.2, 0.25) is 11.8 Å². The summed E-state index contributed by atoms with van der Waals surface area (Å²) in [6.07, 6.45) is 2.45. The van der Waals surface area contributed by atoms with E-state index >= 15 is 0 Å². The van der Waals surface area contributed by atoms with Crippen molar-refractivity contribution in [2.24, 2.45) is 5.73 Å². The number of nitrogens with two attached hydrogens (primary N) is 1. The Morgan fingerprint density at radius 1 is 1.16 bits per heavy atom.